The van der Waals surface area contributed by atoms with E-state index in [1.165, 1.54) is 0 Å². The van der Waals surface area contributed by atoms with Crippen molar-refractivity contribution in [2.45, 2.75) is 0 Å². The Morgan fingerprint density at radius 1 is 0.609 bits per heavy atom. The quantitative estimate of drug-likeness (QED) is 0.704. The first kappa shape index (κ1) is 14.8. The van der Waals surface area contributed by atoms with Gasteiger partial charge in [-0.3, -0.25) is 0 Å². The van der Waals surface area contributed by atoms with Crippen molar-refractivity contribution in [3.05, 3.63) is 72.8 Å². The van der Waals surface area contributed by atoms with E-state index in [2.05, 4.69) is 4.90 Å². The monoisotopic (exact) mass is 305 g/mol. The zero-order chi connectivity index (χ0) is 16.2. The molecule has 23 heavy (non-hydrogen) atoms. The summed E-state index contributed by atoms with van der Waals surface area (Å²) < 4.78 is 5.24. The van der Waals surface area contributed by atoms with Crippen LogP contribution in [0, 0.1) is 0 Å². The molecular weight excluding hydrogens is 286 g/mol. The van der Waals surface area contributed by atoms with E-state index >= 15 is 0 Å². The molecule has 3 aromatic rings. The van der Waals surface area contributed by atoms with Gasteiger partial charge in [0, 0.05) is 28.4 Å². The molecule has 0 spiro atoms. The van der Waals surface area contributed by atoms with Crippen molar-refractivity contribution in [1.82, 2.24) is 0 Å². The molecule has 0 atom stereocenters. The summed E-state index contributed by atoms with van der Waals surface area (Å²) in [5.41, 5.74) is 16.2. The Bertz CT molecular complexity index is 720. The van der Waals surface area contributed by atoms with Gasteiger partial charge >= 0.3 is 0 Å². The summed E-state index contributed by atoms with van der Waals surface area (Å²) in [7, 11) is 1.66. The third kappa shape index (κ3) is 3.21. The lowest BCUT2D eigenvalue weighted by Gasteiger charge is -2.25. The number of hydrogen-bond acceptors (Lipinski definition) is 4. The summed E-state index contributed by atoms with van der Waals surface area (Å²) in [6, 6.07) is 23.5. The highest BCUT2D eigenvalue weighted by molar-refractivity contribution is 5.77. The van der Waals surface area contributed by atoms with Crippen molar-refractivity contribution in [2.24, 2.45) is 0 Å². The third-order valence-electron chi connectivity index (χ3n) is 3.63. The van der Waals surface area contributed by atoms with Crippen LogP contribution in [0.2, 0.25) is 0 Å². The van der Waals surface area contributed by atoms with E-state index in [-0.39, 0.29) is 0 Å². The summed E-state index contributed by atoms with van der Waals surface area (Å²) in [5.74, 6) is 0.823. The van der Waals surface area contributed by atoms with Gasteiger partial charge in [-0.2, -0.15) is 0 Å². The molecule has 3 rings (SSSR count). The number of hydrogen-bond donors (Lipinski definition) is 2. The standard InChI is InChI=1S/C19H19N3O/c1-23-19-12-10-18(11-13-19)22(16-6-2-14(20)3-7-16)17-8-4-15(21)5-9-17/h2-13H,20-21H2,1H3. The SMILES string of the molecule is COc1ccc(N(c2ccc(N)cc2)c2ccc(N)cc2)cc1. The lowest BCUT2D eigenvalue weighted by Crippen LogP contribution is -2.10. The Kier molecular flexibility index (Phi) is 4.06. The summed E-state index contributed by atoms with van der Waals surface area (Å²) in [5, 5.41) is 0. The zero-order valence-corrected chi connectivity index (χ0v) is 12.9. The fraction of sp³-hybridized carbons (Fsp3) is 0.0526. The predicted molar refractivity (Wildman–Crippen MR) is 96.5 cm³/mol. The molecule has 0 unspecified atom stereocenters. The van der Waals surface area contributed by atoms with Gasteiger partial charge < -0.3 is 21.1 Å². The second-order valence-corrected chi connectivity index (χ2v) is 5.22. The molecule has 0 fully saturated rings. The molecule has 0 saturated heterocycles. The molecule has 0 aliphatic rings. The number of anilines is 5. The highest BCUT2D eigenvalue weighted by Crippen LogP contribution is 2.35. The summed E-state index contributed by atoms with van der Waals surface area (Å²) in [6.07, 6.45) is 0. The van der Waals surface area contributed by atoms with Gasteiger partial charge in [0.05, 0.1) is 7.11 Å². The minimum absolute atomic E-state index is 0.737. The van der Waals surface area contributed by atoms with Crippen LogP contribution >= 0.6 is 0 Å². The summed E-state index contributed by atoms with van der Waals surface area (Å²) in [4.78, 5) is 2.14. The minimum Gasteiger partial charge on any atom is -0.497 e. The lowest BCUT2D eigenvalue weighted by atomic mass is 10.1. The number of nitrogens with zero attached hydrogens (tertiary/aromatic N) is 1. The van der Waals surface area contributed by atoms with E-state index in [9.17, 15) is 0 Å². The third-order valence-corrected chi connectivity index (χ3v) is 3.63. The van der Waals surface area contributed by atoms with Crippen molar-refractivity contribution < 1.29 is 4.74 Å². The fourth-order valence-electron chi connectivity index (χ4n) is 2.43. The number of nitrogen functional groups attached to an aromatic ring is 2. The molecule has 0 aliphatic heterocycles. The van der Waals surface area contributed by atoms with Gasteiger partial charge in [0.1, 0.15) is 5.75 Å². The predicted octanol–water partition coefficient (Wildman–Crippen LogP) is 4.33. The molecule has 4 N–H and O–H groups in total. The molecule has 4 heteroatoms. The number of nitrogens with two attached hydrogens (primary N) is 2. The molecule has 3 aromatic carbocycles. The number of ether oxygens (including phenoxy) is 1. The molecule has 4 nitrogen and oxygen atoms in total. The molecule has 116 valence electrons. The van der Waals surface area contributed by atoms with Crippen LogP contribution in [0.15, 0.2) is 72.8 Å². The Balaban J connectivity index is 2.08. The van der Waals surface area contributed by atoms with E-state index in [1.807, 2.05) is 72.8 Å². The van der Waals surface area contributed by atoms with Crippen molar-refractivity contribution in [1.29, 1.82) is 0 Å². The molecule has 0 bridgehead atoms. The van der Waals surface area contributed by atoms with Crippen molar-refractivity contribution >= 4 is 28.4 Å². The van der Waals surface area contributed by atoms with E-state index < -0.39 is 0 Å². The first-order chi connectivity index (χ1) is 11.2. The van der Waals surface area contributed by atoms with E-state index in [0.29, 0.717) is 0 Å². The van der Waals surface area contributed by atoms with Crippen LogP contribution in [0.1, 0.15) is 0 Å². The van der Waals surface area contributed by atoms with Crippen LogP contribution in [0.3, 0.4) is 0 Å². The highest BCUT2D eigenvalue weighted by atomic mass is 16.5. The number of rotatable bonds is 4. The fourth-order valence-corrected chi connectivity index (χ4v) is 2.43. The number of methoxy groups -OCH3 is 1. The van der Waals surface area contributed by atoms with Crippen molar-refractivity contribution in [2.75, 3.05) is 23.5 Å². The lowest BCUT2D eigenvalue weighted by molar-refractivity contribution is 0.415. The Morgan fingerprint density at radius 3 is 1.30 bits per heavy atom. The second kappa shape index (κ2) is 6.32. The summed E-state index contributed by atoms with van der Waals surface area (Å²) >= 11 is 0. The maximum Gasteiger partial charge on any atom is 0.119 e. The van der Waals surface area contributed by atoms with E-state index in [4.69, 9.17) is 16.2 Å². The van der Waals surface area contributed by atoms with E-state index in [0.717, 1.165) is 34.2 Å². The molecule has 0 aromatic heterocycles. The van der Waals surface area contributed by atoms with Crippen LogP contribution in [0.4, 0.5) is 28.4 Å². The van der Waals surface area contributed by atoms with Crippen LogP contribution in [0.25, 0.3) is 0 Å². The Morgan fingerprint density at radius 2 is 0.957 bits per heavy atom. The van der Waals surface area contributed by atoms with Gasteiger partial charge in [0.15, 0.2) is 0 Å². The second-order valence-electron chi connectivity index (χ2n) is 5.22. The average molecular weight is 305 g/mol. The Labute approximate surface area is 135 Å². The highest BCUT2D eigenvalue weighted by Gasteiger charge is 2.12. The number of benzene rings is 3. The molecule has 0 saturated carbocycles. The van der Waals surface area contributed by atoms with Crippen LogP contribution in [0.5, 0.6) is 5.75 Å². The summed E-state index contributed by atoms with van der Waals surface area (Å²) in [6.45, 7) is 0. The first-order valence-corrected chi connectivity index (χ1v) is 7.32. The van der Waals surface area contributed by atoms with Gasteiger partial charge in [0.25, 0.3) is 0 Å². The normalized spacial score (nSPS) is 10.3. The first-order valence-electron chi connectivity index (χ1n) is 7.32. The molecular formula is C19H19N3O. The Hall–Kier alpha value is -3.14. The molecule has 0 heterocycles. The minimum atomic E-state index is 0.737. The smallest absolute Gasteiger partial charge is 0.119 e. The van der Waals surface area contributed by atoms with Crippen LogP contribution in [-0.2, 0) is 0 Å². The van der Waals surface area contributed by atoms with Gasteiger partial charge in [-0.15, -0.1) is 0 Å². The molecule has 0 amide bonds. The van der Waals surface area contributed by atoms with Crippen LogP contribution in [-0.4, -0.2) is 7.11 Å². The largest absolute Gasteiger partial charge is 0.497 e. The van der Waals surface area contributed by atoms with Crippen molar-refractivity contribution in [3.8, 4) is 5.75 Å². The van der Waals surface area contributed by atoms with E-state index in [1.54, 1.807) is 7.11 Å². The topological polar surface area (TPSA) is 64.5 Å². The van der Waals surface area contributed by atoms with Crippen molar-refractivity contribution in [3.63, 3.8) is 0 Å². The van der Waals surface area contributed by atoms with Crippen LogP contribution < -0.4 is 21.1 Å². The average Bonchev–Trinajstić information content (AvgIpc) is 2.59. The molecule has 0 radical (unpaired) electrons. The van der Waals surface area contributed by atoms with Gasteiger partial charge in [0.2, 0.25) is 0 Å². The van der Waals surface area contributed by atoms with Gasteiger partial charge in [-0.25, -0.2) is 0 Å². The van der Waals surface area contributed by atoms with Gasteiger partial charge in [-0.05, 0) is 72.8 Å². The maximum absolute atomic E-state index is 5.81. The van der Waals surface area contributed by atoms with Gasteiger partial charge in [-0.1, -0.05) is 0 Å². The zero-order valence-electron chi connectivity index (χ0n) is 12.9. The molecule has 0 aliphatic carbocycles. The maximum atomic E-state index is 5.81.